The zero-order valence-electron chi connectivity index (χ0n) is 11.6. The molecule has 4 heteroatoms. The van der Waals surface area contributed by atoms with Crippen LogP contribution < -0.4 is 17.1 Å². The van der Waals surface area contributed by atoms with Gasteiger partial charge in [0.1, 0.15) is 0 Å². The first-order chi connectivity index (χ1) is 9.85. The normalized spacial score (nSPS) is 9.95. The summed E-state index contributed by atoms with van der Waals surface area (Å²) in [6.07, 6.45) is 0.852. The molecule has 1 heterocycles. The molecule has 0 saturated carbocycles. The summed E-state index contributed by atoms with van der Waals surface area (Å²) in [6.45, 7) is 0. The molecular formula is C17H15ClO2Te. The van der Waals surface area contributed by atoms with E-state index in [2.05, 4.69) is 42.5 Å². The first-order valence-corrected chi connectivity index (χ1v) is 8.57. The molecule has 0 radical (unpaired) electrons. The molecule has 0 amide bonds. The van der Waals surface area contributed by atoms with Crippen LogP contribution in [0.5, 0.6) is 5.75 Å². The van der Waals surface area contributed by atoms with Gasteiger partial charge in [-0.15, -0.1) is 0 Å². The van der Waals surface area contributed by atoms with E-state index in [9.17, 15) is 0 Å². The minimum atomic E-state index is -0.535. The Kier molecular flexibility index (Phi) is 5.87. The molecule has 0 aliphatic rings. The standard InChI is InChI=1S/C17H15O2Te.ClH/c1-18-15-9-7-13(8-10-15)11-16-12-17(20-19-16)14-5-3-2-4-6-14;/h2-10,12H,11H2,1H3;1H/q+1;/p-1. The Morgan fingerprint density at radius 3 is 2.38 bits per heavy atom. The van der Waals surface area contributed by atoms with E-state index >= 15 is 0 Å². The maximum Gasteiger partial charge on any atom is -1.00 e. The van der Waals surface area contributed by atoms with Gasteiger partial charge in [0.15, 0.2) is 0 Å². The van der Waals surface area contributed by atoms with E-state index in [0.29, 0.717) is 0 Å². The summed E-state index contributed by atoms with van der Waals surface area (Å²) < 4.78 is 12.4. The maximum absolute atomic E-state index is 5.90. The predicted molar refractivity (Wildman–Crippen MR) is 81.3 cm³/mol. The van der Waals surface area contributed by atoms with E-state index in [-0.39, 0.29) is 12.4 Å². The summed E-state index contributed by atoms with van der Waals surface area (Å²) in [6, 6.07) is 20.9. The topological polar surface area (TPSA) is 20.5 Å². The second-order valence-electron chi connectivity index (χ2n) is 4.53. The fourth-order valence-electron chi connectivity index (χ4n) is 2.05. The Labute approximate surface area is 141 Å². The van der Waals surface area contributed by atoms with Crippen LogP contribution in [-0.2, 0) is 6.42 Å². The molecule has 2 aromatic carbocycles. The number of hydrogen-bond acceptors (Lipinski definition) is 1. The van der Waals surface area contributed by atoms with Gasteiger partial charge in [-0.25, -0.2) is 0 Å². The fourth-order valence-corrected chi connectivity index (χ4v) is 4.09. The predicted octanol–water partition coefficient (Wildman–Crippen LogP) is 0.888. The molecule has 21 heavy (non-hydrogen) atoms. The van der Waals surface area contributed by atoms with Crippen LogP contribution in [0.3, 0.4) is 0 Å². The van der Waals surface area contributed by atoms with E-state index in [1.807, 2.05) is 18.2 Å². The Morgan fingerprint density at radius 2 is 1.71 bits per heavy atom. The third-order valence-electron chi connectivity index (χ3n) is 3.13. The van der Waals surface area contributed by atoms with Crippen LogP contribution in [0.1, 0.15) is 11.3 Å². The molecule has 0 spiro atoms. The molecule has 0 N–H and O–H groups in total. The third kappa shape index (κ3) is 4.11. The first kappa shape index (κ1) is 16.1. The number of ether oxygens (including phenoxy) is 1. The molecule has 1 aromatic heterocycles. The van der Waals surface area contributed by atoms with Crippen LogP contribution >= 0.6 is 0 Å². The van der Waals surface area contributed by atoms with Gasteiger partial charge >= 0.3 is 129 Å². The minimum absolute atomic E-state index is 0. The number of halogens is 1. The van der Waals surface area contributed by atoms with Gasteiger partial charge in [0, 0.05) is 0 Å². The molecule has 0 bridgehead atoms. The Bertz CT molecular complexity index is 678. The smallest absolute Gasteiger partial charge is 1.00 e. The summed E-state index contributed by atoms with van der Waals surface area (Å²) >= 11 is -0.535. The molecule has 3 rings (SSSR count). The van der Waals surface area contributed by atoms with Crippen molar-refractivity contribution in [2.45, 2.75) is 6.42 Å². The molecule has 108 valence electrons. The van der Waals surface area contributed by atoms with Crippen molar-refractivity contribution in [3.63, 3.8) is 0 Å². The summed E-state index contributed by atoms with van der Waals surface area (Å²) in [7, 11) is 1.68. The molecule has 0 saturated heterocycles. The van der Waals surface area contributed by atoms with Gasteiger partial charge in [-0.1, -0.05) is 0 Å². The van der Waals surface area contributed by atoms with Crippen molar-refractivity contribution < 1.29 is 19.9 Å². The van der Waals surface area contributed by atoms with Gasteiger partial charge in [0.2, 0.25) is 0 Å². The van der Waals surface area contributed by atoms with Gasteiger partial charge in [-0.2, -0.15) is 0 Å². The van der Waals surface area contributed by atoms with E-state index < -0.39 is 20.9 Å². The van der Waals surface area contributed by atoms with Gasteiger partial charge in [0.25, 0.3) is 0 Å². The van der Waals surface area contributed by atoms with Crippen LogP contribution in [0.25, 0.3) is 9.14 Å². The van der Waals surface area contributed by atoms with Crippen molar-refractivity contribution in [3.8, 4) is 14.9 Å². The SMILES string of the molecule is COc1ccc(Cc2cc(-c3ccccc3)[te][o+]2)cc1.[Cl-]. The molecule has 2 nitrogen and oxygen atoms in total. The van der Waals surface area contributed by atoms with Crippen LogP contribution in [0.15, 0.2) is 63.4 Å². The van der Waals surface area contributed by atoms with E-state index in [1.165, 1.54) is 14.7 Å². The second kappa shape index (κ2) is 7.66. The molecule has 0 aliphatic carbocycles. The Morgan fingerprint density at radius 1 is 1.00 bits per heavy atom. The van der Waals surface area contributed by atoms with Crippen LogP contribution in [0.2, 0.25) is 0 Å². The summed E-state index contributed by atoms with van der Waals surface area (Å²) in [5.74, 6) is 1.97. The van der Waals surface area contributed by atoms with Gasteiger partial charge < -0.3 is 12.4 Å². The van der Waals surface area contributed by atoms with Crippen LogP contribution in [0.4, 0.5) is 0 Å². The third-order valence-corrected chi connectivity index (χ3v) is 5.50. The number of methoxy groups -OCH3 is 1. The van der Waals surface area contributed by atoms with Crippen molar-refractivity contribution in [1.29, 1.82) is 0 Å². The van der Waals surface area contributed by atoms with Crippen molar-refractivity contribution >= 4 is 20.9 Å². The van der Waals surface area contributed by atoms with E-state index in [0.717, 1.165) is 17.9 Å². The average molecular weight is 414 g/mol. The average Bonchev–Trinajstić information content (AvgIpc) is 2.97. The molecule has 0 unspecified atom stereocenters. The van der Waals surface area contributed by atoms with Gasteiger partial charge in [-0.05, 0) is 0 Å². The minimum Gasteiger partial charge on any atom is -1.00 e. The summed E-state index contributed by atoms with van der Waals surface area (Å²) in [4.78, 5) is 0. The largest absolute Gasteiger partial charge is 1.00 e. The molecular weight excluding hydrogens is 399 g/mol. The van der Waals surface area contributed by atoms with Crippen molar-refractivity contribution in [1.82, 2.24) is 0 Å². The zero-order chi connectivity index (χ0) is 13.8. The quantitative estimate of drug-likeness (QED) is 0.467. The maximum atomic E-state index is 5.90. The van der Waals surface area contributed by atoms with Crippen molar-refractivity contribution in [3.05, 3.63) is 72.0 Å². The number of rotatable bonds is 4. The van der Waals surface area contributed by atoms with Crippen LogP contribution in [-0.4, -0.2) is 28.0 Å². The fraction of sp³-hybridized carbons (Fsp3) is 0.118. The summed E-state index contributed by atoms with van der Waals surface area (Å²) in [5.41, 5.74) is 2.54. The van der Waals surface area contributed by atoms with Crippen molar-refractivity contribution in [2.24, 2.45) is 0 Å². The van der Waals surface area contributed by atoms with Gasteiger partial charge in [-0.3, -0.25) is 0 Å². The number of benzene rings is 2. The van der Waals surface area contributed by atoms with Crippen molar-refractivity contribution in [2.75, 3.05) is 7.11 Å². The Hall–Kier alpha value is -1.27. The van der Waals surface area contributed by atoms with Gasteiger partial charge in [0.05, 0.1) is 0 Å². The summed E-state index contributed by atoms with van der Waals surface area (Å²) in [5, 5.41) is 0. The first-order valence-electron chi connectivity index (χ1n) is 6.45. The van der Waals surface area contributed by atoms with Crippen LogP contribution in [0, 0.1) is 0 Å². The molecule has 3 aromatic rings. The molecule has 0 fully saturated rings. The second-order valence-corrected chi connectivity index (χ2v) is 6.74. The monoisotopic (exact) mass is 416 g/mol. The molecule has 0 aliphatic heterocycles. The van der Waals surface area contributed by atoms with E-state index in [1.54, 1.807) is 7.11 Å². The van der Waals surface area contributed by atoms with E-state index in [4.69, 9.17) is 7.49 Å². The zero-order valence-corrected chi connectivity index (χ0v) is 14.7. The Balaban J connectivity index is 0.00000161. The number of hydrogen-bond donors (Lipinski definition) is 0. The molecule has 0 atom stereocenters.